The number of rotatable bonds is 5. The van der Waals surface area contributed by atoms with Crippen molar-refractivity contribution < 1.29 is 14.3 Å². The molecule has 0 aliphatic carbocycles. The van der Waals surface area contributed by atoms with Crippen LogP contribution in [0.15, 0.2) is 5.38 Å². The summed E-state index contributed by atoms with van der Waals surface area (Å²) in [4.78, 5) is 30.4. The quantitative estimate of drug-likeness (QED) is 0.772. The number of likely N-dealkylation sites (N-methyl/N-ethyl adjacent to an activating group) is 1. The lowest BCUT2D eigenvalue weighted by atomic mass is 10.2. The van der Waals surface area contributed by atoms with E-state index in [0.29, 0.717) is 38.4 Å². The molecule has 1 saturated heterocycles. The molecule has 116 valence electrons. The molecule has 1 aromatic rings. The number of aromatic nitrogens is 1. The first kappa shape index (κ1) is 15.9. The van der Waals surface area contributed by atoms with Crippen LogP contribution >= 0.6 is 11.3 Å². The molecule has 1 unspecified atom stereocenters. The average Bonchev–Trinajstić information content (AvgIpc) is 2.96. The third-order valence-electron chi connectivity index (χ3n) is 3.17. The molecule has 2 rings (SSSR count). The van der Waals surface area contributed by atoms with Gasteiger partial charge in [-0.2, -0.15) is 0 Å². The number of nitrogens with two attached hydrogens (primary N) is 1. The molecule has 8 heteroatoms. The first-order valence-electron chi connectivity index (χ1n) is 6.98. The normalized spacial score (nSPS) is 18.6. The van der Waals surface area contributed by atoms with Gasteiger partial charge in [0.05, 0.1) is 18.2 Å². The van der Waals surface area contributed by atoms with Crippen LogP contribution in [-0.2, 0) is 16.0 Å². The van der Waals surface area contributed by atoms with Crippen LogP contribution in [0.1, 0.15) is 22.4 Å². The van der Waals surface area contributed by atoms with Gasteiger partial charge in [0.2, 0.25) is 5.91 Å². The third kappa shape index (κ3) is 3.78. The van der Waals surface area contributed by atoms with Crippen LogP contribution in [0.5, 0.6) is 0 Å². The van der Waals surface area contributed by atoms with Crippen LogP contribution in [0.2, 0.25) is 0 Å². The fraction of sp³-hybridized carbons (Fsp3) is 0.615. The fourth-order valence-corrected chi connectivity index (χ4v) is 2.94. The van der Waals surface area contributed by atoms with Crippen LogP contribution in [-0.4, -0.2) is 60.6 Å². The van der Waals surface area contributed by atoms with Gasteiger partial charge in [-0.05, 0) is 13.5 Å². The van der Waals surface area contributed by atoms with Crippen LogP contribution in [0.3, 0.4) is 0 Å². The number of thiazole rings is 1. The van der Waals surface area contributed by atoms with E-state index in [2.05, 4.69) is 10.3 Å². The van der Waals surface area contributed by atoms with Crippen LogP contribution < -0.4 is 11.1 Å². The molecule has 2 amide bonds. The van der Waals surface area contributed by atoms with Gasteiger partial charge in [-0.25, -0.2) is 4.98 Å². The number of amides is 2. The predicted molar refractivity (Wildman–Crippen MR) is 79.2 cm³/mol. The fourth-order valence-electron chi connectivity index (χ4n) is 2.15. The maximum atomic E-state index is 12.5. The topological polar surface area (TPSA) is 97.5 Å². The molecule has 1 fully saturated rings. The molecule has 0 radical (unpaired) electrons. The number of nitrogens with one attached hydrogen (secondary N) is 1. The lowest BCUT2D eigenvalue weighted by Gasteiger charge is -2.34. The highest BCUT2D eigenvalue weighted by atomic mass is 32.1. The Bertz CT molecular complexity index is 505. The van der Waals surface area contributed by atoms with Crippen molar-refractivity contribution in [2.24, 2.45) is 5.73 Å². The van der Waals surface area contributed by atoms with Gasteiger partial charge in [0.25, 0.3) is 5.91 Å². The molecule has 1 aliphatic rings. The van der Waals surface area contributed by atoms with Gasteiger partial charge < -0.3 is 20.7 Å². The van der Waals surface area contributed by atoms with Crippen molar-refractivity contribution in [2.75, 3.05) is 32.8 Å². The Kier molecular flexibility index (Phi) is 5.66. The smallest absolute Gasteiger partial charge is 0.274 e. The Hall–Kier alpha value is -1.51. The molecular weight excluding hydrogens is 292 g/mol. The first-order valence-corrected chi connectivity index (χ1v) is 7.86. The van der Waals surface area contributed by atoms with E-state index in [1.807, 2.05) is 6.92 Å². The first-order chi connectivity index (χ1) is 10.2. The Balaban J connectivity index is 2.12. The van der Waals surface area contributed by atoms with Crippen LogP contribution in [0.25, 0.3) is 0 Å². The van der Waals surface area contributed by atoms with E-state index in [1.54, 1.807) is 5.38 Å². The van der Waals surface area contributed by atoms with Gasteiger partial charge >= 0.3 is 0 Å². The van der Waals surface area contributed by atoms with Crippen molar-refractivity contribution in [3.8, 4) is 0 Å². The molecular formula is C13H20N4O3S. The van der Waals surface area contributed by atoms with E-state index in [1.165, 1.54) is 16.2 Å². The van der Waals surface area contributed by atoms with E-state index in [9.17, 15) is 9.59 Å². The third-order valence-corrected chi connectivity index (χ3v) is 4.08. The van der Waals surface area contributed by atoms with E-state index >= 15 is 0 Å². The zero-order chi connectivity index (χ0) is 15.2. The van der Waals surface area contributed by atoms with E-state index in [4.69, 9.17) is 10.5 Å². The lowest BCUT2D eigenvalue weighted by molar-refractivity contribution is -0.130. The summed E-state index contributed by atoms with van der Waals surface area (Å²) in [6.07, 6.45) is 0.654. The Labute approximate surface area is 127 Å². The van der Waals surface area contributed by atoms with Gasteiger partial charge in [-0.15, -0.1) is 11.3 Å². The summed E-state index contributed by atoms with van der Waals surface area (Å²) in [7, 11) is 0. The summed E-state index contributed by atoms with van der Waals surface area (Å²) in [6, 6.07) is -0.592. The molecule has 0 spiro atoms. The minimum Gasteiger partial charge on any atom is -0.377 e. The Morgan fingerprint density at radius 3 is 3.14 bits per heavy atom. The number of carbonyl (C=O) groups is 2. The number of hydrogen-bond acceptors (Lipinski definition) is 6. The highest BCUT2D eigenvalue weighted by Gasteiger charge is 2.33. The second-order valence-corrected chi connectivity index (χ2v) is 5.59. The summed E-state index contributed by atoms with van der Waals surface area (Å²) in [5.41, 5.74) is 5.86. The number of ether oxygens (including phenoxy) is 1. The number of hydrogen-bond donors (Lipinski definition) is 2. The lowest BCUT2D eigenvalue weighted by Crippen LogP contribution is -2.55. The van der Waals surface area contributed by atoms with Crippen molar-refractivity contribution in [1.29, 1.82) is 0 Å². The van der Waals surface area contributed by atoms with E-state index in [0.717, 1.165) is 5.01 Å². The highest BCUT2D eigenvalue weighted by molar-refractivity contribution is 7.09. The SMILES string of the molecule is CCNC(=O)C1COCCN1C(=O)c1csc(CCN)n1. The van der Waals surface area contributed by atoms with Gasteiger partial charge in [-0.1, -0.05) is 0 Å². The second-order valence-electron chi connectivity index (χ2n) is 4.65. The Morgan fingerprint density at radius 2 is 2.43 bits per heavy atom. The minimum absolute atomic E-state index is 0.192. The second kappa shape index (κ2) is 7.48. The summed E-state index contributed by atoms with van der Waals surface area (Å²) in [5, 5.41) is 5.29. The molecule has 1 atom stereocenters. The summed E-state index contributed by atoms with van der Waals surface area (Å²) in [6.45, 7) is 3.91. The van der Waals surface area contributed by atoms with Crippen LogP contribution in [0, 0.1) is 0 Å². The molecule has 0 aromatic carbocycles. The molecule has 1 aromatic heterocycles. The molecule has 2 heterocycles. The number of morpholine rings is 1. The van der Waals surface area contributed by atoms with Crippen molar-refractivity contribution in [3.63, 3.8) is 0 Å². The maximum Gasteiger partial charge on any atom is 0.274 e. The maximum absolute atomic E-state index is 12.5. The molecule has 7 nitrogen and oxygen atoms in total. The van der Waals surface area contributed by atoms with Crippen molar-refractivity contribution in [2.45, 2.75) is 19.4 Å². The zero-order valence-electron chi connectivity index (χ0n) is 12.0. The molecule has 1 aliphatic heterocycles. The molecule has 0 bridgehead atoms. The predicted octanol–water partition coefficient (Wildman–Crippen LogP) is -0.379. The zero-order valence-corrected chi connectivity index (χ0v) is 12.8. The van der Waals surface area contributed by atoms with Crippen molar-refractivity contribution >= 4 is 23.2 Å². The summed E-state index contributed by atoms with van der Waals surface area (Å²) in [5.74, 6) is -0.419. The van der Waals surface area contributed by atoms with E-state index < -0.39 is 6.04 Å². The van der Waals surface area contributed by atoms with E-state index in [-0.39, 0.29) is 18.4 Å². The van der Waals surface area contributed by atoms with Gasteiger partial charge in [0, 0.05) is 24.9 Å². The van der Waals surface area contributed by atoms with Gasteiger partial charge in [-0.3, -0.25) is 9.59 Å². The highest BCUT2D eigenvalue weighted by Crippen LogP contribution is 2.16. The molecule has 3 N–H and O–H groups in total. The Morgan fingerprint density at radius 1 is 1.62 bits per heavy atom. The standard InChI is InChI=1S/C13H20N4O3S/c1-2-15-12(18)10-7-20-6-5-17(10)13(19)9-8-21-11(16-9)3-4-14/h8,10H,2-7,14H2,1H3,(H,15,18). The average molecular weight is 312 g/mol. The van der Waals surface area contributed by atoms with Gasteiger partial charge in [0.1, 0.15) is 11.7 Å². The van der Waals surface area contributed by atoms with Crippen molar-refractivity contribution in [1.82, 2.24) is 15.2 Å². The summed E-state index contributed by atoms with van der Waals surface area (Å²) < 4.78 is 5.32. The van der Waals surface area contributed by atoms with Gasteiger partial charge in [0.15, 0.2) is 0 Å². The number of carbonyl (C=O) groups excluding carboxylic acids is 2. The summed E-state index contributed by atoms with van der Waals surface area (Å²) >= 11 is 1.42. The molecule has 21 heavy (non-hydrogen) atoms. The molecule has 0 saturated carbocycles. The van der Waals surface area contributed by atoms with Crippen LogP contribution in [0.4, 0.5) is 0 Å². The largest absolute Gasteiger partial charge is 0.377 e. The minimum atomic E-state index is -0.592. The van der Waals surface area contributed by atoms with Crippen molar-refractivity contribution in [3.05, 3.63) is 16.1 Å². The number of nitrogens with zero attached hydrogens (tertiary/aromatic N) is 2. The monoisotopic (exact) mass is 312 g/mol.